The van der Waals surface area contributed by atoms with Crippen molar-refractivity contribution in [3.8, 4) is 6.07 Å². The van der Waals surface area contributed by atoms with Crippen LogP contribution in [0.2, 0.25) is 0 Å². The van der Waals surface area contributed by atoms with Crippen LogP contribution in [0.1, 0.15) is 23.7 Å². The van der Waals surface area contributed by atoms with E-state index in [1.807, 2.05) is 0 Å². The van der Waals surface area contributed by atoms with Crippen LogP contribution in [0.5, 0.6) is 0 Å². The van der Waals surface area contributed by atoms with Gasteiger partial charge in [-0.2, -0.15) is 36.0 Å². The number of benzene rings is 1. The number of ether oxygens (including phenoxy) is 1. The number of hydrogen-bond acceptors (Lipinski definition) is 2. The molecule has 0 saturated carbocycles. The lowest BCUT2D eigenvalue weighted by Gasteiger charge is -2.30. The zero-order valence-corrected chi connectivity index (χ0v) is 11.1. The average molecular weight is 329 g/mol. The van der Waals surface area contributed by atoms with Crippen LogP contribution in [0.4, 0.5) is 30.7 Å². The zero-order chi connectivity index (χ0) is 17.2. The second-order valence-corrected chi connectivity index (χ2v) is 4.44. The highest BCUT2D eigenvalue weighted by atomic mass is 19.4. The number of halogens is 7. The van der Waals surface area contributed by atoms with Crippen LogP contribution in [0.3, 0.4) is 0 Å². The monoisotopic (exact) mass is 329 g/mol. The summed E-state index contributed by atoms with van der Waals surface area (Å²) in [7, 11) is 0.894. The first-order chi connectivity index (χ1) is 9.96. The van der Waals surface area contributed by atoms with E-state index in [1.54, 1.807) is 6.07 Å². The van der Waals surface area contributed by atoms with Gasteiger partial charge in [0.05, 0.1) is 17.7 Å². The summed E-state index contributed by atoms with van der Waals surface area (Å²) in [5.41, 5.74) is -0.0651. The topological polar surface area (TPSA) is 33.0 Å². The van der Waals surface area contributed by atoms with Crippen LogP contribution >= 0.6 is 0 Å². The number of rotatable bonds is 5. The number of nitrogens with zero attached hydrogens (tertiary/aromatic N) is 1. The predicted molar refractivity (Wildman–Crippen MR) is 61.5 cm³/mol. The molecule has 0 N–H and O–H groups in total. The predicted octanol–water partition coefficient (Wildman–Crippen LogP) is 4.47. The van der Waals surface area contributed by atoms with Gasteiger partial charge in [0.1, 0.15) is 0 Å². The third-order valence-corrected chi connectivity index (χ3v) is 2.93. The SMILES string of the molecule is COC(CC(F)(F)C(F)(F)C(F)(F)F)c1cccc(C#N)c1. The van der Waals surface area contributed by atoms with Gasteiger partial charge >= 0.3 is 18.0 Å². The maximum absolute atomic E-state index is 13.4. The van der Waals surface area contributed by atoms with Gasteiger partial charge in [-0.05, 0) is 17.7 Å². The molecular weight excluding hydrogens is 319 g/mol. The number of alkyl halides is 7. The minimum absolute atomic E-state index is 0.0328. The molecule has 0 spiro atoms. The minimum Gasteiger partial charge on any atom is -0.377 e. The van der Waals surface area contributed by atoms with E-state index in [4.69, 9.17) is 5.26 Å². The van der Waals surface area contributed by atoms with Crippen molar-refractivity contribution < 1.29 is 35.5 Å². The number of hydrogen-bond donors (Lipinski definition) is 0. The Kier molecular flexibility index (Phi) is 5.07. The Bertz CT molecular complexity index is 562. The van der Waals surface area contributed by atoms with Crippen molar-refractivity contribution in [2.75, 3.05) is 7.11 Å². The molecule has 0 bridgehead atoms. The molecule has 1 aromatic rings. The molecule has 2 nitrogen and oxygen atoms in total. The number of methoxy groups -OCH3 is 1. The molecule has 1 unspecified atom stereocenters. The van der Waals surface area contributed by atoms with E-state index in [1.165, 1.54) is 18.2 Å². The van der Waals surface area contributed by atoms with Crippen LogP contribution in [-0.4, -0.2) is 25.1 Å². The second-order valence-electron chi connectivity index (χ2n) is 4.44. The summed E-state index contributed by atoms with van der Waals surface area (Å²) in [4.78, 5) is 0. The van der Waals surface area contributed by atoms with E-state index in [2.05, 4.69) is 4.74 Å². The highest BCUT2D eigenvalue weighted by Gasteiger charge is 2.73. The Morgan fingerprint density at radius 2 is 1.73 bits per heavy atom. The van der Waals surface area contributed by atoms with E-state index in [9.17, 15) is 30.7 Å². The fourth-order valence-electron chi connectivity index (χ4n) is 1.71. The highest BCUT2D eigenvalue weighted by molar-refractivity contribution is 5.34. The van der Waals surface area contributed by atoms with Crippen molar-refractivity contribution in [1.82, 2.24) is 0 Å². The Morgan fingerprint density at radius 1 is 1.14 bits per heavy atom. The molecule has 0 aliphatic heterocycles. The third-order valence-electron chi connectivity index (χ3n) is 2.93. The lowest BCUT2D eigenvalue weighted by Crippen LogP contribution is -2.52. The van der Waals surface area contributed by atoms with E-state index in [-0.39, 0.29) is 11.1 Å². The second kappa shape index (κ2) is 6.12. The summed E-state index contributed by atoms with van der Waals surface area (Å²) in [6, 6.07) is 6.56. The van der Waals surface area contributed by atoms with Crippen LogP contribution in [0.15, 0.2) is 24.3 Å². The van der Waals surface area contributed by atoms with E-state index in [0.29, 0.717) is 0 Å². The van der Waals surface area contributed by atoms with E-state index >= 15 is 0 Å². The Morgan fingerprint density at radius 3 is 2.18 bits per heavy atom. The quantitative estimate of drug-likeness (QED) is 0.747. The molecule has 0 aliphatic rings. The van der Waals surface area contributed by atoms with Gasteiger partial charge in [0.25, 0.3) is 0 Å². The third kappa shape index (κ3) is 3.50. The maximum Gasteiger partial charge on any atom is 0.459 e. The standard InChI is InChI=1S/C13H10F7NO/c1-22-10(9-4-2-3-8(5-9)7-21)6-11(14,15)12(16,17)13(18,19)20/h2-5,10H,6H2,1H3. The van der Waals surface area contributed by atoms with Crippen molar-refractivity contribution in [1.29, 1.82) is 5.26 Å². The summed E-state index contributed by atoms with van der Waals surface area (Å²) >= 11 is 0. The smallest absolute Gasteiger partial charge is 0.377 e. The van der Waals surface area contributed by atoms with E-state index in [0.717, 1.165) is 13.2 Å². The number of nitriles is 1. The first-order valence-electron chi connectivity index (χ1n) is 5.81. The van der Waals surface area contributed by atoms with Crippen molar-refractivity contribution in [2.45, 2.75) is 30.5 Å². The fourth-order valence-corrected chi connectivity index (χ4v) is 1.71. The average Bonchev–Trinajstić information content (AvgIpc) is 2.43. The van der Waals surface area contributed by atoms with Gasteiger partial charge in [0, 0.05) is 13.5 Å². The van der Waals surface area contributed by atoms with Gasteiger partial charge in [-0.1, -0.05) is 12.1 Å². The van der Waals surface area contributed by atoms with Crippen molar-refractivity contribution in [2.24, 2.45) is 0 Å². The van der Waals surface area contributed by atoms with Crippen molar-refractivity contribution >= 4 is 0 Å². The van der Waals surface area contributed by atoms with Crippen molar-refractivity contribution in [3.05, 3.63) is 35.4 Å². The molecule has 0 aromatic heterocycles. The molecule has 1 atom stereocenters. The van der Waals surface area contributed by atoms with Crippen LogP contribution < -0.4 is 0 Å². The molecule has 0 fully saturated rings. The Labute approximate surface area is 121 Å². The first kappa shape index (κ1) is 18.2. The normalized spacial score (nSPS) is 14.5. The molecule has 122 valence electrons. The molecule has 22 heavy (non-hydrogen) atoms. The minimum atomic E-state index is -6.39. The molecule has 1 rings (SSSR count). The maximum atomic E-state index is 13.4. The van der Waals surface area contributed by atoms with Crippen molar-refractivity contribution in [3.63, 3.8) is 0 Å². The molecule has 0 heterocycles. The van der Waals surface area contributed by atoms with Gasteiger partial charge in [-0.3, -0.25) is 0 Å². The molecule has 0 saturated heterocycles. The van der Waals surface area contributed by atoms with Gasteiger partial charge in [-0.15, -0.1) is 0 Å². The van der Waals surface area contributed by atoms with Gasteiger partial charge < -0.3 is 4.74 Å². The summed E-state index contributed by atoms with van der Waals surface area (Å²) < 4.78 is 93.4. The molecule has 0 radical (unpaired) electrons. The van der Waals surface area contributed by atoms with Crippen LogP contribution in [0, 0.1) is 11.3 Å². The summed E-state index contributed by atoms with van der Waals surface area (Å²) in [6.07, 6.45) is -10.00. The summed E-state index contributed by atoms with van der Waals surface area (Å²) in [5.74, 6) is -11.6. The van der Waals surface area contributed by atoms with Gasteiger partial charge in [-0.25, -0.2) is 0 Å². The van der Waals surface area contributed by atoms with Crippen LogP contribution in [-0.2, 0) is 4.74 Å². The van der Waals surface area contributed by atoms with E-state index < -0.39 is 30.5 Å². The molecule has 0 aliphatic carbocycles. The first-order valence-corrected chi connectivity index (χ1v) is 5.81. The lowest BCUT2D eigenvalue weighted by molar-refractivity contribution is -0.358. The molecule has 0 amide bonds. The highest BCUT2D eigenvalue weighted by Crippen LogP contribution is 2.50. The van der Waals surface area contributed by atoms with Crippen LogP contribution in [0.25, 0.3) is 0 Å². The molecular formula is C13H10F7NO. The Hall–Kier alpha value is -1.82. The summed E-state index contributed by atoms with van der Waals surface area (Å²) in [5, 5.41) is 8.68. The van der Waals surface area contributed by atoms with Gasteiger partial charge in [0.2, 0.25) is 0 Å². The molecule has 1 aromatic carbocycles. The zero-order valence-electron chi connectivity index (χ0n) is 11.1. The summed E-state index contributed by atoms with van der Waals surface area (Å²) in [6.45, 7) is 0. The Balaban J connectivity index is 3.10. The largest absolute Gasteiger partial charge is 0.459 e. The fraction of sp³-hybridized carbons (Fsp3) is 0.462. The van der Waals surface area contributed by atoms with Gasteiger partial charge in [0.15, 0.2) is 0 Å². The lowest BCUT2D eigenvalue weighted by atomic mass is 9.97. The molecule has 9 heteroatoms.